The first-order valence-electron chi connectivity index (χ1n) is 10.3. The van der Waals surface area contributed by atoms with Crippen molar-refractivity contribution in [2.24, 2.45) is 11.8 Å². The van der Waals surface area contributed by atoms with E-state index in [1.165, 1.54) is 4.90 Å². The van der Waals surface area contributed by atoms with Crippen molar-refractivity contribution in [2.75, 3.05) is 4.90 Å². The molecular weight excluding hydrogens is 410 g/mol. The van der Waals surface area contributed by atoms with Crippen LogP contribution in [0.1, 0.15) is 33.7 Å². The highest BCUT2D eigenvalue weighted by Crippen LogP contribution is 2.63. The molecule has 3 aromatic rings. The largest absolute Gasteiger partial charge is 0.302 e. The van der Waals surface area contributed by atoms with Gasteiger partial charge >= 0.3 is 0 Å². The normalized spacial score (nSPS) is 27.7. The highest BCUT2D eigenvalue weighted by Gasteiger charge is 2.68. The van der Waals surface area contributed by atoms with Gasteiger partial charge < -0.3 is 4.79 Å². The van der Waals surface area contributed by atoms with Crippen LogP contribution in [0.4, 0.5) is 5.69 Å². The minimum atomic E-state index is -1.18. The van der Waals surface area contributed by atoms with Gasteiger partial charge in [-0.15, -0.1) is 0 Å². The molecule has 152 valence electrons. The maximum Gasteiger partial charge on any atom is 0.239 e. The van der Waals surface area contributed by atoms with Gasteiger partial charge in [-0.1, -0.05) is 66.2 Å². The fourth-order valence-electron chi connectivity index (χ4n) is 6.01. The maximum atomic E-state index is 13.8. The Morgan fingerprint density at radius 1 is 0.903 bits per heavy atom. The monoisotopic (exact) mass is 427 g/mol. The van der Waals surface area contributed by atoms with Crippen LogP contribution in [0.25, 0.3) is 0 Å². The summed E-state index contributed by atoms with van der Waals surface area (Å²) in [5, 5.41) is 0.493. The van der Waals surface area contributed by atoms with Crippen molar-refractivity contribution in [2.45, 2.75) is 18.3 Å². The number of aldehydes is 1. The Hall–Kier alpha value is -3.24. The predicted molar refractivity (Wildman–Crippen MR) is 117 cm³/mol. The van der Waals surface area contributed by atoms with E-state index in [0.29, 0.717) is 10.7 Å². The summed E-state index contributed by atoms with van der Waals surface area (Å²) >= 11 is 6.31. The molecule has 1 aliphatic heterocycles. The SMILES string of the molecule is Cc1ccc(N2C(=O)[C@@H]3[C@@H](C2=O)C2c4ccccc4C3(C=O)c3ccccc32)cc1Cl. The Morgan fingerprint density at radius 3 is 2.10 bits per heavy atom. The molecule has 0 N–H and O–H groups in total. The molecule has 0 aromatic heterocycles. The molecule has 2 bridgehead atoms. The smallest absolute Gasteiger partial charge is 0.239 e. The first-order chi connectivity index (χ1) is 15.0. The fourth-order valence-corrected chi connectivity index (χ4v) is 6.18. The van der Waals surface area contributed by atoms with Crippen LogP contribution in [0.5, 0.6) is 0 Å². The van der Waals surface area contributed by atoms with Crippen molar-refractivity contribution in [1.29, 1.82) is 0 Å². The molecule has 3 aromatic carbocycles. The fraction of sp³-hybridized carbons (Fsp3) is 0.192. The van der Waals surface area contributed by atoms with Crippen LogP contribution in [0.3, 0.4) is 0 Å². The van der Waals surface area contributed by atoms with Gasteiger partial charge in [-0.2, -0.15) is 0 Å². The maximum absolute atomic E-state index is 13.8. The number of carbonyl (C=O) groups is 3. The number of benzene rings is 3. The minimum absolute atomic E-state index is 0.262. The number of imide groups is 1. The van der Waals surface area contributed by atoms with Gasteiger partial charge in [0.1, 0.15) is 6.29 Å². The molecule has 1 heterocycles. The number of carbonyl (C=O) groups excluding carboxylic acids is 3. The van der Waals surface area contributed by atoms with Crippen LogP contribution < -0.4 is 4.90 Å². The van der Waals surface area contributed by atoms with Crippen molar-refractivity contribution < 1.29 is 14.4 Å². The van der Waals surface area contributed by atoms with Crippen LogP contribution in [-0.4, -0.2) is 18.1 Å². The predicted octanol–water partition coefficient (Wildman–Crippen LogP) is 4.40. The summed E-state index contributed by atoms with van der Waals surface area (Å²) in [4.78, 5) is 41.7. The van der Waals surface area contributed by atoms with Crippen molar-refractivity contribution in [3.8, 4) is 0 Å². The number of rotatable bonds is 2. The van der Waals surface area contributed by atoms with E-state index in [1.54, 1.807) is 18.2 Å². The van der Waals surface area contributed by atoms with Gasteiger partial charge in [0.15, 0.2) is 0 Å². The number of hydrogen-bond donors (Lipinski definition) is 0. The summed E-state index contributed by atoms with van der Waals surface area (Å²) in [5.74, 6) is -2.26. The lowest BCUT2D eigenvalue weighted by molar-refractivity contribution is -0.128. The molecular formula is C26H18ClNO3. The average Bonchev–Trinajstić information content (AvgIpc) is 3.07. The molecule has 2 atom stereocenters. The Morgan fingerprint density at radius 2 is 1.52 bits per heavy atom. The van der Waals surface area contributed by atoms with E-state index in [9.17, 15) is 14.4 Å². The van der Waals surface area contributed by atoms with E-state index in [1.807, 2.05) is 55.5 Å². The average molecular weight is 428 g/mol. The number of amides is 2. The van der Waals surface area contributed by atoms with Crippen LogP contribution in [0, 0.1) is 18.8 Å². The van der Waals surface area contributed by atoms with Crippen molar-refractivity contribution in [1.82, 2.24) is 0 Å². The zero-order valence-electron chi connectivity index (χ0n) is 16.7. The zero-order valence-corrected chi connectivity index (χ0v) is 17.5. The van der Waals surface area contributed by atoms with Gasteiger partial charge in [-0.05, 0) is 46.9 Å². The molecule has 1 saturated heterocycles. The third kappa shape index (κ3) is 2.08. The van der Waals surface area contributed by atoms with Gasteiger partial charge in [-0.25, -0.2) is 4.90 Å². The van der Waals surface area contributed by atoms with Crippen molar-refractivity contribution >= 4 is 35.4 Å². The molecule has 31 heavy (non-hydrogen) atoms. The Labute approximate surface area is 184 Å². The highest BCUT2D eigenvalue weighted by atomic mass is 35.5. The Kier molecular flexibility index (Phi) is 3.67. The first kappa shape index (κ1) is 18.5. The van der Waals surface area contributed by atoms with Crippen molar-refractivity contribution in [3.05, 3.63) is 99.6 Å². The van der Waals surface area contributed by atoms with Gasteiger partial charge in [0.25, 0.3) is 0 Å². The summed E-state index contributed by atoms with van der Waals surface area (Å²) in [5.41, 5.74) is 3.72. The second-order valence-corrected chi connectivity index (χ2v) is 9.00. The standard InChI is InChI=1S/C26H18ClNO3/c1-14-10-11-15(12-20(14)27)28-24(30)22-21-16-6-2-4-8-18(16)26(13-29,23(22)25(28)31)19-9-5-3-7-17(19)21/h2-13,21-23H,1H3/t21?,22-,23-,26?/m0/s1. The molecule has 0 spiro atoms. The lowest BCUT2D eigenvalue weighted by atomic mass is 9.48. The second kappa shape index (κ2) is 6.14. The molecule has 4 aliphatic rings. The highest BCUT2D eigenvalue weighted by molar-refractivity contribution is 6.32. The second-order valence-electron chi connectivity index (χ2n) is 8.59. The molecule has 3 aliphatic carbocycles. The topological polar surface area (TPSA) is 54.5 Å². The summed E-state index contributed by atoms with van der Waals surface area (Å²) < 4.78 is 0. The molecule has 7 rings (SSSR count). The summed E-state index contributed by atoms with van der Waals surface area (Å²) in [6, 6.07) is 20.6. The third-order valence-corrected chi connectivity index (χ3v) is 7.69. The van der Waals surface area contributed by atoms with Crippen molar-refractivity contribution in [3.63, 3.8) is 0 Å². The molecule has 0 saturated carbocycles. The van der Waals surface area contributed by atoms with Crippen LogP contribution in [0.15, 0.2) is 66.7 Å². The molecule has 4 nitrogen and oxygen atoms in total. The van der Waals surface area contributed by atoms with E-state index in [4.69, 9.17) is 11.6 Å². The van der Waals surface area contributed by atoms with E-state index in [2.05, 4.69) is 0 Å². The van der Waals surface area contributed by atoms with E-state index >= 15 is 0 Å². The number of hydrogen-bond acceptors (Lipinski definition) is 3. The minimum Gasteiger partial charge on any atom is -0.302 e. The van der Waals surface area contributed by atoms with Gasteiger partial charge in [-0.3, -0.25) is 9.59 Å². The molecule has 0 radical (unpaired) electrons. The zero-order chi connectivity index (χ0) is 21.5. The summed E-state index contributed by atoms with van der Waals surface area (Å²) in [6.45, 7) is 1.87. The third-order valence-electron chi connectivity index (χ3n) is 7.28. The lowest BCUT2D eigenvalue weighted by Gasteiger charge is -2.51. The van der Waals surface area contributed by atoms with Gasteiger partial charge in [0.05, 0.1) is 22.9 Å². The first-order valence-corrected chi connectivity index (χ1v) is 10.7. The molecule has 0 unspecified atom stereocenters. The molecule has 2 amide bonds. The number of anilines is 1. The Balaban J connectivity index is 1.63. The van der Waals surface area contributed by atoms with E-state index in [-0.39, 0.29) is 17.7 Å². The quantitative estimate of drug-likeness (QED) is 0.450. The van der Waals surface area contributed by atoms with Gasteiger partial charge in [0, 0.05) is 10.9 Å². The molecule has 1 fully saturated rings. The summed E-state index contributed by atoms with van der Waals surface area (Å²) in [7, 11) is 0. The van der Waals surface area contributed by atoms with E-state index < -0.39 is 17.3 Å². The van der Waals surface area contributed by atoms with Crippen LogP contribution in [-0.2, 0) is 19.8 Å². The van der Waals surface area contributed by atoms with Crippen LogP contribution >= 0.6 is 11.6 Å². The number of nitrogens with zero attached hydrogens (tertiary/aromatic N) is 1. The lowest BCUT2D eigenvalue weighted by Crippen LogP contribution is -2.54. The van der Waals surface area contributed by atoms with Crippen LogP contribution in [0.2, 0.25) is 5.02 Å². The van der Waals surface area contributed by atoms with E-state index in [0.717, 1.165) is 34.1 Å². The number of aryl methyl sites for hydroxylation is 1. The number of halogens is 1. The van der Waals surface area contributed by atoms with Gasteiger partial charge in [0.2, 0.25) is 11.8 Å². The summed E-state index contributed by atoms with van der Waals surface area (Å²) in [6.07, 6.45) is 0.883. The molecule has 5 heteroatoms. The Bertz CT molecular complexity index is 1270.